The molecule has 0 spiro atoms. The first-order valence-corrected chi connectivity index (χ1v) is 6.42. The van der Waals surface area contributed by atoms with Crippen LogP contribution in [0.1, 0.15) is 26.2 Å². The molecule has 0 saturated carbocycles. The van der Waals surface area contributed by atoms with Crippen LogP contribution in [-0.4, -0.2) is 66.3 Å². The Labute approximate surface area is 107 Å². The lowest BCUT2D eigenvalue weighted by atomic mass is 9.99. The average molecular weight is 264 g/mol. The number of methoxy groups -OCH3 is 1. The van der Waals surface area contributed by atoms with Crippen LogP contribution in [-0.2, 0) is 14.2 Å². The van der Waals surface area contributed by atoms with Crippen LogP contribution in [0.15, 0.2) is 0 Å². The van der Waals surface area contributed by atoms with Gasteiger partial charge in [0.25, 0.3) is 0 Å². The van der Waals surface area contributed by atoms with E-state index in [0.29, 0.717) is 6.61 Å². The van der Waals surface area contributed by atoms with E-state index < -0.39 is 30.7 Å². The van der Waals surface area contributed by atoms with E-state index in [1.165, 1.54) is 7.11 Å². The molecule has 0 aliphatic carbocycles. The van der Waals surface area contributed by atoms with Crippen molar-refractivity contribution in [3.8, 4) is 0 Å². The van der Waals surface area contributed by atoms with Gasteiger partial charge in [-0.25, -0.2) is 0 Å². The Morgan fingerprint density at radius 2 is 1.89 bits per heavy atom. The predicted octanol–water partition coefficient (Wildman–Crippen LogP) is -0.353. The Morgan fingerprint density at radius 3 is 2.44 bits per heavy atom. The summed E-state index contributed by atoms with van der Waals surface area (Å²) in [6.45, 7) is 2.27. The minimum Gasteiger partial charge on any atom is -0.394 e. The van der Waals surface area contributed by atoms with Crippen molar-refractivity contribution in [1.82, 2.24) is 0 Å². The van der Waals surface area contributed by atoms with Gasteiger partial charge in [0.15, 0.2) is 6.29 Å². The Balaban J connectivity index is 2.52. The summed E-state index contributed by atoms with van der Waals surface area (Å²) in [6.07, 6.45) is -1.66. The summed E-state index contributed by atoms with van der Waals surface area (Å²) in [5.74, 6) is 0. The van der Waals surface area contributed by atoms with Crippen molar-refractivity contribution < 1.29 is 29.5 Å². The summed E-state index contributed by atoms with van der Waals surface area (Å²) in [7, 11) is 1.37. The van der Waals surface area contributed by atoms with Crippen LogP contribution >= 0.6 is 0 Å². The summed E-state index contributed by atoms with van der Waals surface area (Å²) in [5, 5.41) is 28.9. The molecule has 6 nitrogen and oxygen atoms in total. The molecule has 0 aromatic rings. The van der Waals surface area contributed by atoms with Gasteiger partial charge in [0.2, 0.25) is 0 Å². The van der Waals surface area contributed by atoms with Crippen molar-refractivity contribution in [2.24, 2.45) is 0 Å². The van der Waals surface area contributed by atoms with Crippen molar-refractivity contribution in [1.29, 1.82) is 0 Å². The maximum atomic E-state index is 9.95. The van der Waals surface area contributed by atoms with Crippen molar-refractivity contribution in [3.63, 3.8) is 0 Å². The minimum atomic E-state index is -1.17. The number of hydrogen-bond donors (Lipinski definition) is 3. The van der Waals surface area contributed by atoms with E-state index in [1.54, 1.807) is 0 Å². The third kappa shape index (κ3) is 3.88. The Hall–Kier alpha value is -0.240. The first-order valence-electron chi connectivity index (χ1n) is 6.42. The van der Waals surface area contributed by atoms with E-state index in [2.05, 4.69) is 6.92 Å². The fourth-order valence-corrected chi connectivity index (χ4v) is 2.02. The van der Waals surface area contributed by atoms with Crippen molar-refractivity contribution >= 4 is 0 Å². The molecule has 1 aliphatic rings. The van der Waals surface area contributed by atoms with Gasteiger partial charge in [-0.15, -0.1) is 0 Å². The lowest BCUT2D eigenvalue weighted by Gasteiger charge is -2.41. The smallest absolute Gasteiger partial charge is 0.186 e. The highest BCUT2D eigenvalue weighted by molar-refractivity contribution is 4.90. The summed E-state index contributed by atoms with van der Waals surface area (Å²) >= 11 is 0. The maximum Gasteiger partial charge on any atom is 0.186 e. The zero-order valence-corrected chi connectivity index (χ0v) is 11.0. The Kier molecular flexibility index (Phi) is 7.06. The van der Waals surface area contributed by atoms with Gasteiger partial charge >= 0.3 is 0 Å². The average Bonchev–Trinajstić information content (AvgIpc) is 2.39. The molecular formula is C12H24O6. The van der Waals surface area contributed by atoms with Crippen LogP contribution in [0, 0.1) is 0 Å². The van der Waals surface area contributed by atoms with Gasteiger partial charge in [-0.3, -0.25) is 0 Å². The summed E-state index contributed by atoms with van der Waals surface area (Å²) in [5.41, 5.74) is 0. The van der Waals surface area contributed by atoms with Crippen LogP contribution in [0.25, 0.3) is 0 Å². The van der Waals surface area contributed by atoms with Crippen LogP contribution in [0.2, 0.25) is 0 Å². The zero-order chi connectivity index (χ0) is 13.5. The van der Waals surface area contributed by atoms with Crippen LogP contribution in [0.4, 0.5) is 0 Å². The standard InChI is InChI=1S/C12H24O6/c1-3-4-5-6-17-11-8(7-13)18-12(16-2)10(15)9(11)14/h8-15H,3-7H2,1-2H3/t8?,9-,10?,11-,12+/m1/s1. The normalized spacial score (nSPS) is 36.8. The van der Waals surface area contributed by atoms with E-state index in [9.17, 15) is 15.3 Å². The van der Waals surface area contributed by atoms with Gasteiger partial charge in [0, 0.05) is 13.7 Å². The molecule has 3 N–H and O–H groups in total. The second-order valence-corrected chi connectivity index (χ2v) is 4.48. The molecule has 0 aromatic heterocycles. The first kappa shape index (κ1) is 15.8. The van der Waals surface area contributed by atoms with E-state index >= 15 is 0 Å². The third-order valence-corrected chi connectivity index (χ3v) is 3.11. The molecule has 0 aromatic carbocycles. The molecule has 6 heteroatoms. The molecule has 0 bridgehead atoms. The van der Waals surface area contributed by atoms with E-state index in [1.807, 2.05) is 0 Å². The molecule has 108 valence electrons. The molecule has 0 radical (unpaired) electrons. The highest BCUT2D eigenvalue weighted by Gasteiger charge is 2.45. The van der Waals surface area contributed by atoms with Crippen molar-refractivity contribution in [2.45, 2.75) is 56.9 Å². The summed E-state index contributed by atoms with van der Waals surface area (Å²) < 4.78 is 15.7. The molecule has 0 amide bonds. The Morgan fingerprint density at radius 1 is 1.17 bits per heavy atom. The van der Waals surface area contributed by atoms with Gasteiger partial charge < -0.3 is 29.5 Å². The molecule has 5 atom stereocenters. The van der Waals surface area contributed by atoms with Crippen LogP contribution < -0.4 is 0 Å². The van der Waals surface area contributed by atoms with Crippen molar-refractivity contribution in [2.75, 3.05) is 20.3 Å². The first-order chi connectivity index (χ1) is 8.65. The lowest BCUT2D eigenvalue weighted by molar-refractivity contribution is -0.301. The second kappa shape index (κ2) is 8.04. The van der Waals surface area contributed by atoms with Crippen LogP contribution in [0.3, 0.4) is 0 Å². The molecular weight excluding hydrogens is 240 g/mol. The fraction of sp³-hybridized carbons (Fsp3) is 1.00. The zero-order valence-electron chi connectivity index (χ0n) is 11.0. The Bertz CT molecular complexity index is 223. The predicted molar refractivity (Wildman–Crippen MR) is 64.0 cm³/mol. The van der Waals surface area contributed by atoms with E-state index in [0.717, 1.165) is 19.3 Å². The fourth-order valence-electron chi connectivity index (χ4n) is 2.02. The van der Waals surface area contributed by atoms with E-state index in [4.69, 9.17) is 14.2 Å². The van der Waals surface area contributed by atoms with Crippen LogP contribution in [0.5, 0.6) is 0 Å². The molecule has 18 heavy (non-hydrogen) atoms. The molecule has 2 unspecified atom stereocenters. The van der Waals surface area contributed by atoms with Gasteiger partial charge in [0.05, 0.1) is 6.61 Å². The van der Waals surface area contributed by atoms with Gasteiger partial charge in [-0.05, 0) is 6.42 Å². The minimum absolute atomic E-state index is 0.290. The quantitative estimate of drug-likeness (QED) is 0.545. The SMILES string of the molecule is CCCCCO[C@@H]1C(CO)O[C@H](OC)C(O)[C@H]1O. The van der Waals surface area contributed by atoms with E-state index in [-0.39, 0.29) is 6.61 Å². The topological polar surface area (TPSA) is 88.4 Å². The summed E-state index contributed by atoms with van der Waals surface area (Å²) in [4.78, 5) is 0. The molecule has 1 rings (SSSR count). The highest BCUT2D eigenvalue weighted by Crippen LogP contribution is 2.24. The van der Waals surface area contributed by atoms with Gasteiger partial charge in [0.1, 0.15) is 24.4 Å². The highest BCUT2D eigenvalue weighted by atomic mass is 16.7. The number of unbranched alkanes of at least 4 members (excludes halogenated alkanes) is 2. The molecule has 1 saturated heterocycles. The molecule has 1 aliphatic heterocycles. The number of aliphatic hydroxyl groups is 3. The lowest BCUT2D eigenvalue weighted by Crippen LogP contribution is -2.59. The van der Waals surface area contributed by atoms with Crippen molar-refractivity contribution in [3.05, 3.63) is 0 Å². The maximum absolute atomic E-state index is 9.95. The number of ether oxygens (including phenoxy) is 3. The van der Waals surface area contributed by atoms with Gasteiger partial charge in [-0.1, -0.05) is 19.8 Å². The number of rotatable bonds is 7. The third-order valence-electron chi connectivity index (χ3n) is 3.11. The molecule has 1 fully saturated rings. The number of hydrogen-bond acceptors (Lipinski definition) is 6. The monoisotopic (exact) mass is 264 g/mol. The number of aliphatic hydroxyl groups excluding tert-OH is 3. The largest absolute Gasteiger partial charge is 0.394 e. The summed E-state index contributed by atoms with van der Waals surface area (Å²) in [6, 6.07) is 0. The second-order valence-electron chi connectivity index (χ2n) is 4.48. The van der Waals surface area contributed by atoms with Gasteiger partial charge in [-0.2, -0.15) is 0 Å². The molecule has 1 heterocycles.